The predicted octanol–water partition coefficient (Wildman–Crippen LogP) is 6.12. The van der Waals surface area contributed by atoms with E-state index in [1.165, 1.54) is 17.0 Å². The first-order valence-electron chi connectivity index (χ1n) is 14.1. The number of anilines is 1. The van der Waals surface area contributed by atoms with Gasteiger partial charge >= 0.3 is 0 Å². The highest BCUT2D eigenvalue weighted by Crippen LogP contribution is 2.27. The van der Waals surface area contributed by atoms with Crippen LogP contribution in [0.5, 0.6) is 0 Å². The minimum atomic E-state index is -4.14. The van der Waals surface area contributed by atoms with Crippen molar-refractivity contribution < 1.29 is 18.0 Å². The molecular weight excluding hydrogens is 626 g/mol. The van der Waals surface area contributed by atoms with E-state index in [2.05, 4.69) is 21.2 Å². The van der Waals surface area contributed by atoms with Crippen LogP contribution < -0.4 is 9.62 Å². The molecule has 1 atom stereocenters. The Morgan fingerprint density at radius 3 is 2.05 bits per heavy atom. The van der Waals surface area contributed by atoms with E-state index in [4.69, 9.17) is 0 Å². The van der Waals surface area contributed by atoms with Crippen molar-refractivity contribution in [3.05, 3.63) is 130 Å². The molecule has 4 rings (SSSR count). The number of hydrogen-bond acceptors (Lipinski definition) is 4. The van der Waals surface area contributed by atoms with Crippen molar-refractivity contribution in [2.24, 2.45) is 0 Å². The zero-order valence-corrected chi connectivity index (χ0v) is 26.9. The van der Waals surface area contributed by atoms with Crippen LogP contribution >= 0.6 is 15.9 Å². The number of hydrogen-bond donors (Lipinski definition) is 1. The Bertz CT molecular complexity index is 1630. The molecule has 2 amide bonds. The second kappa shape index (κ2) is 14.5. The van der Waals surface area contributed by atoms with Gasteiger partial charge in [0.25, 0.3) is 10.0 Å². The van der Waals surface area contributed by atoms with Gasteiger partial charge < -0.3 is 10.2 Å². The third-order valence-corrected chi connectivity index (χ3v) is 9.16. The Morgan fingerprint density at radius 2 is 1.44 bits per heavy atom. The lowest BCUT2D eigenvalue weighted by molar-refractivity contribution is -0.140. The summed E-state index contributed by atoms with van der Waals surface area (Å²) in [5.74, 6) is -0.806. The van der Waals surface area contributed by atoms with Gasteiger partial charge in [0.05, 0.1) is 10.6 Å². The highest BCUT2D eigenvalue weighted by Gasteiger charge is 2.34. The molecule has 0 fully saturated rings. The van der Waals surface area contributed by atoms with Crippen molar-refractivity contribution in [2.75, 3.05) is 10.8 Å². The first kappa shape index (κ1) is 32.0. The molecule has 0 unspecified atom stereocenters. The third-order valence-electron chi connectivity index (χ3n) is 6.88. The number of carbonyl (C=O) groups excluding carboxylic acids is 2. The molecule has 1 N–H and O–H groups in total. The largest absolute Gasteiger partial charge is 0.352 e. The average molecular weight is 663 g/mol. The van der Waals surface area contributed by atoms with Gasteiger partial charge in [-0.2, -0.15) is 0 Å². The number of amides is 2. The van der Waals surface area contributed by atoms with Crippen molar-refractivity contribution >= 4 is 43.5 Å². The van der Waals surface area contributed by atoms with Crippen molar-refractivity contribution in [3.63, 3.8) is 0 Å². The van der Waals surface area contributed by atoms with Crippen LogP contribution in [-0.2, 0) is 32.6 Å². The minimum Gasteiger partial charge on any atom is -0.352 e. The molecule has 0 saturated carbocycles. The fraction of sp³-hybridized carbons (Fsp3) is 0.235. The Kier molecular flexibility index (Phi) is 10.8. The lowest BCUT2D eigenvalue weighted by Gasteiger charge is -2.34. The summed E-state index contributed by atoms with van der Waals surface area (Å²) in [5.41, 5.74) is 3.10. The number of sulfonamides is 1. The smallest absolute Gasteiger partial charge is 0.264 e. The monoisotopic (exact) mass is 661 g/mol. The number of benzene rings is 4. The summed E-state index contributed by atoms with van der Waals surface area (Å²) < 4.78 is 29.8. The standard InChI is InChI=1S/C34H36BrN3O4S/c1-25(2)36-34(40)32(21-27-11-6-4-7-12-27)37(23-28-19-17-26(3)18-20-28)33(39)24-38(30-14-10-13-29(35)22-30)43(41,42)31-15-8-5-9-16-31/h4-20,22,25,32H,21,23-24H2,1-3H3,(H,36,40)/t32-/m0/s1. The van der Waals surface area contributed by atoms with Crippen molar-refractivity contribution in [1.29, 1.82) is 0 Å². The van der Waals surface area contributed by atoms with Crippen molar-refractivity contribution in [3.8, 4) is 0 Å². The van der Waals surface area contributed by atoms with Gasteiger partial charge in [0.2, 0.25) is 11.8 Å². The summed E-state index contributed by atoms with van der Waals surface area (Å²) in [7, 11) is -4.14. The quantitative estimate of drug-likeness (QED) is 0.198. The van der Waals surface area contributed by atoms with Crippen LogP contribution in [0, 0.1) is 6.92 Å². The zero-order valence-electron chi connectivity index (χ0n) is 24.5. The zero-order chi connectivity index (χ0) is 31.0. The van der Waals surface area contributed by atoms with Gasteiger partial charge in [0.15, 0.2) is 0 Å². The molecule has 7 nitrogen and oxygen atoms in total. The molecule has 0 radical (unpaired) electrons. The van der Waals surface area contributed by atoms with E-state index in [0.29, 0.717) is 10.2 Å². The maximum absolute atomic E-state index is 14.4. The highest BCUT2D eigenvalue weighted by molar-refractivity contribution is 9.10. The Morgan fingerprint density at radius 1 is 0.814 bits per heavy atom. The molecular formula is C34H36BrN3O4S. The Balaban J connectivity index is 1.80. The first-order valence-corrected chi connectivity index (χ1v) is 16.3. The van der Waals surface area contributed by atoms with Gasteiger partial charge in [0.1, 0.15) is 12.6 Å². The Hall–Kier alpha value is -3.95. The molecule has 0 heterocycles. The molecule has 0 bridgehead atoms. The van der Waals surface area contributed by atoms with E-state index in [1.807, 2.05) is 75.4 Å². The number of aryl methyl sites for hydroxylation is 1. The van der Waals surface area contributed by atoms with Crippen molar-refractivity contribution in [1.82, 2.24) is 10.2 Å². The van der Waals surface area contributed by atoms with Crippen LogP contribution in [0.25, 0.3) is 0 Å². The van der Waals surface area contributed by atoms with Crippen LogP contribution in [0.4, 0.5) is 5.69 Å². The lowest BCUT2D eigenvalue weighted by atomic mass is 10.0. The van der Waals surface area contributed by atoms with E-state index in [1.54, 1.807) is 42.5 Å². The predicted molar refractivity (Wildman–Crippen MR) is 174 cm³/mol. The summed E-state index contributed by atoms with van der Waals surface area (Å²) in [6.45, 7) is 5.33. The SMILES string of the molecule is Cc1ccc(CN(C(=O)CN(c2cccc(Br)c2)S(=O)(=O)c2ccccc2)[C@@H](Cc2ccccc2)C(=O)NC(C)C)cc1. The number of carbonyl (C=O) groups is 2. The van der Waals surface area contributed by atoms with Crippen LogP contribution in [-0.4, -0.2) is 43.8 Å². The highest BCUT2D eigenvalue weighted by atomic mass is 79.9. The second-order valence-electron chi connectivity index (χ2n) is 10.7. The van der Waals surface area contributed by atoms with Crippen molar-refractivity contribution in [2.45, 2.75) is 50.7 Å². The van der Waals surface area contributed by atoms with Gasteiger partial charge in [-0.3, -0.25) is 13.9 Å². The normalized spacial score (nSPS) is 12.0. The maximum atomic E-state index is 14.4. The second-order valence-corrected chi connectivity index (χ2v) is 13.5. The van der Waals surface area contributed by atoms with Crippen LogP contribution in [0.15, 0.2) is 119 Å². The van der Waals surface area contributed by atoms with Gasteiger partial charge in [-0.1, -0.05) is 100 Å². The summed E-state index contributed by atoms with van der Waals surface area (Å²) in [6.07, 6.45) is 0.263. The fourth-order valence-corrected chi connectivity index (χ4v) is 6.52. The molecule has 0 spiro atoms. The van der Waals surface area contributed by atoms with Gasteiger partial charge in [-0.15, -0.1) is 0 Å². The first-order chi connectivity index (χ1) is 20.5. The number of nitrogens with zero attached hydrogens (tertiary/aromatic N) is 2. The summed E-state index contributed by atoms with van der Waals surface area (Å²) in [6, 6.07) is 31.0. The Labute approximate surface area is 262 Å². The number of halogens is 1. The number of nitrogens with one attached hydrogen (secondary N) is 1. The lowest BCUT2D eigenvalue weighted by Crippen LogP contribution is -2.54. The van der Waals surface area contributed by atoms with Crippen LogP contribution in [0.1, 0.15) is 30.5 Å². The number of rotatable bonds is 12. The van der Waals surface area contributed by atoms with Gasteiger partial charge in [-0.25, -0.2) is 8.42 Å². The van der Waals surface area contributed by atoms with Gasteiger partial charge in [0, 0.05) is 23.5 Å². The maximum Gasteiger partial charge on any atom is 0.264 e. The van der Waals surface area contributed by atoms with E-state index in [0.717, 1.165) is 21.0 Å². The summed E-state index contributed by atoms with van der Waals surface area (Å²) in [5, 5.41) is 2.97. The van der Waals surface area contributed by atoms with E-state index < -0.39 is 28.5 Å². The molecule has 9 heteroatoms. The van der Waals surface area contributed by atoms with Crippen LogP contribution in [0.3, 0.4) is 0 Å². The summed E-state index contributed by atoms with van der Waals surface area (Å²) in [4.78, 5) is 29.7. The average Bonchev–Trinajstić information content (AvgIpc) is 2.99. The van der Waals surface area contributed by atoms with E-state index >= 15 is 0 Å². The fourth-order valence-electron chi connectivity index (χ4n) is 4.70. The molecule has 0 aliphatic heterocycles. The molecule has 224 valence electrons. The van der Waals surface area contributed by atoms with E-state index in [-0.39, 0.29) is 29.8 Å². The molecule has 0 saturated heterocycles. The minimum absolute atomic E-state index is 0.0613. The molecule has 0 aliphatic carbocycles. The van der Waals surface area contributed by atoms with Gasteiger partial charge in [-0.05, 0) is 62.2 Å². The topological polar surface area (TPSA) is 86.8 Å². The molecule has 0 aliphatic rings. The molecule has 0 aromatic heterocycles. The molecule has 4 aromatic rings. The summed E-state index contributed by atoms with van der Waals surface area (Å²) >= 11 is 3.43. The van der Waals surface area contributed by atoms with Crippen LogP contribution in [0.2, 0.25) is 0 Å². The molecule has 43 heavy (non-hydrogen) atoms. The molecule has 4 aromatic carbocycles. The van der Waals surface area contributed by atoms with E-state index in [9.17, 15) is 18.0 Å². The third kappa shape index (κ3) is 8.55.